The Balaban J connectivity index is 0.00000200. The zero-order valence-electron chi connectivity index (χ0n) is 11.1. The van der Waals surface area contributed by atoms with E-state index in [1.165, 1.54) is 12.1 Å². The van der Waals surface area contributed by atoms with Crippen molar-refractivity contribution in [2.45, 2.75) is 18.9 Å². The van der Waals surface area contributed by atoms with E-state index in [4.69, 9.17) is 0 Å². The van der Waals surface area contributed by atoms with Crippen molar-refractivity contribution in [2.75, 3.05) is 19.6 Å². The Kier molecular flexibility index (Phi) is 6.91. The molecular weight excluding hydrogens is 283 g/mol. The second-order valence-corrected chi connectivity index (χ2v) is 4.86. The van der Waals surface area contributed by atoms with Gasteiger partial charge in [0.05, 0.1) is 12.0 Å². The van der Waals surface area contributed by atoms with Crippen molar-refractivity contribution in [3.05, 3.63) is 35.6 Å². The van der Waals surface area contributed by atoms with Gasteiger partial charge in [-0.1, -0.05) is 12.1 Å². The number of nitrogens with one attached hydrogen (secondary N) is 2. The van der Waals surface area contributed by atoms with Crippen molar-refractivity contribution in [1.82, 2.24) is 10.6 Å². The Morgan fingerprint density at radius 3 is 3.00 bits per heavy atom. The third-order valence-electron chi connectivity index (χ3n) is 3.37. The molecule has 0 aromatic heterocycles. The minimum absolute atomic E-state index is 0. The van der Waals surface area contributed by atoms with Gasteiger partial charge in [0, 0.05) is 13.1 Å². The van der Waals surface area contributed by atoms with Crippen LogP contribution in [0.15, 0.2) is 24.3 Å². The molecule has 1 amide bonds. The first kappa shape index (κ1) is 16.9. The van der Waals surface area contributed by atoms with Crippen LogP contribution in [0.5, 0.6) is 0 Å². The molecule has 1 saturated heterocycles. The summed E-state index contributed by atoms with van der Waals surface area (Å²) < 4.78 is 13.0. The highest BCUT2D eigenvalue weighted by molar-refractivity contribution is 5.85. The maximum atomic E-state index is 13.0. The molecule has 1 aromatic rings. The van der Waals surface area contributed by atoms with E-state index >= 15 is 0 Å². The molecule has 0 radical (unpaired) electrons. The highest BCUT2D eigenvalue weighted by atomic mass is 35.5. The molecule has 0 saturated carbocycles. The summed E-state index contributed by atoms with van der Waals surface area (Å²) in [5.74, 6) is -0.476. The van der Waals surface area contributed by atoms with Crippen LogP contribution < -0.4 is 10.6 Å². The lowest BCUT2D eigenvalue weighted by Gasteiger charge is -2.22. The standard InChI is InChI=1S/C14H19FN2O2.ClH/c15-12-5-1-3-10(7-12)13(18)9-17-14(19)11-4-2-6-16-8-11;/h1,3,5,7,11,13,16,18H,2,4,6,8-9H2,(H,17,19);1H. The first-order valence-electron chi connectivity index (χ1n) is 6.59. The minimum atomic E-state index is -0.879. The van der Waals surface area contributed by atoms with Crippen LogP contribution in [0.3, 0.4) is 0 Å². The van der Waals surface area contributed by atoms with E-state index in [1.807, 2.05) is 0 Å². The normalized spacial score (nSPS) is 19.8. The number of rotatable bonds is 4. The van der Waals surface area contributed by atoms with E-state index in [9.17, 15) is 14.3 Å². The van der Waals surface area contributed by atoms with Crippen LogP contribution in [0, 0.1) is 11.7 Å². The average Bonchev–Trinajstić information content (AvgIpc) is 2.45. The van der Waals surface area contributed by atoms with Gasteiger partial charge in [-0.2, -0.15) is 0 Å². The molecule has 3 N–H and O–H groups in total. The Morgan fingerprint density at radius 1 is 1.55 bits per heavy atom. The van der Waals surface area contributed by atoms with Gasteiger partial charge in [-0.15, -0.1) is 12.4 Å². The van der Waals surface area contributed by atoms with Crippen molar-refractivity contribution in [1.29, 1.82) is 0 Å². The molecule has 112 valence electrons. The van der Waals surface area contributed by atoms with E-state index in [-0.39, 0.29) is 36.6 Å². The van der Waals surface area contributed by atoms with Gasteiger partial charge < -0.3 is 15.7 Å². The highest BCUT2D eigenvalue weighted by Gasteiger charge is 2.21. The van der Waals surface area contributed by atoms with Crippen LogP contribution in [0.4, 0.5) is 4.39 Å². The summed E-state index contributed by atoms with van der Waals surface area (Å²) in [7, 11) is 0. The second kappa shape index (κ2) is 8.19. The van der Waals surface area contributed by atoms with Gasteiger partial charge in [0.25, 0.3) is 0 Å². The number of aliphatic hydroxyl groups is 1. The Bertz CT molecular complexity index is 439. The van der Waals surface area contributed by atoms with E-state index < -0.39 is 6.10 Å². The largest absolute Gasteiger partial charge is 0.387 e. The average molecular weight is 303 g/mol. The summed E-state index contributed by atoms with van der Waals surface area (Å²) in [4.78, 5) is 11.9. The lowest BCUT2D eigenvalue weighted by molar-refractivity contribution is -0.125. The first-order chi connectivity index (χ1) is 9.16. The number of hydrogen-bond donors (Lipinski definition) is 3. The zero-order chi connectivity index (χ0) is 13.7. The van der Waals surface area contributed by atoms with Gasteiger partial charge in [-0.05, 0) is 37.1 Å². The number of benzene rings is 1. The molecule has 4 nitrogen and oxygen atoms in total. The molecule has 6 heteroatoms. The molecule has 1 aliphatic rings. The van der Waals surface area contributed by atoms with Crippen LogP contribution in [0.25, 0.3) is 0 Å². The Hall–Kier alpha value is -1.17. The van der Waals surface area contributed by atoms with Crippen molar-refractivity contribution < 1.29 is 14.3 Å². The van der Waals surface area contributed by atoms with Gasteiger partial charge in [0.15, 0.2) is 0 Å². The predicted octanol–water partition coefficient (Wildman–Crippen LogP) is 1.40. The summed E-state index contributed by atoms with van der Waals surface area (Å²) in [6, 6.07) is 5.78. The topological polar surface area (TPSA) is 61.4 Å². The summed E-state index contributed by atoms with van der Waals surface area (Å²) >= 11 is 0. The fraction of sp³-hybridized carbons (Fsp3) is 0.500. The van der Waals surface area contributed by atoms with E-state index in [0.29, 0.717) is 12.1 Å². The third-order valence-corrected chi connectivity index (χ3v) is 3.37. The molecule has 1 aromatic carbocycles. The molecule has 1 aliphatic heterocycles. The number of piperidine rings is 1. The number of aliphatic hydroxyl groups excluding tert-OH is 1. The molecule has 0 spiro atoms. The van der Waals surface area contributed by atoms with Crippen LogP contribution in [-0.2, 0) is 4.79 Å². The molecule has 2 atom stereocenters. The van der Waals surface area contributed by atoms with E-state index in [0.717, 1.165) is 19.4 Å². The molecule has 2 rings (SSSR count). The molecule has 0 aliphatic carbocycles. The Labute approximate surface area is 124 Å². The van der Waals surface area contributed by atoms with Crippen molar-refractivity contribution in [2.24, 2.45) is 5.92 Å². The van der Waals surface area contributed by atoms with Gasteiger partial charge in [-0.3, -0.25) is 4.79 Å². The Morgan fingerprint density at radius 2 is 2.35 bits per heavy atom. The fourth-order valence-corrected chi connectivity index (χ4v) is 2.25. The number of halogens is 2. The van der Waals surface area contributed by atoms with Crippen molar-refractivity contribution in [3.63, 3.8) is 0 Å². The molecule has 20 heavy (non-hydrogen) atoms. The number of amides is 1. The maximum Gasteiger partial charge on any atom is 0.224 e. The van der Waals surface area contributed by atoms with Gasteiger partial charge >= 0.3 is 0 Å². The lowest BCUT2D eigenvalue weighted by Crippen LogP contribution is -2.41. The molecule has 2 unspecified atom stereocenters. The minimum Gasteiger partial charge on any atom is -0.387 e. The SMILES string of the molecule is Cl.O=C(NCC(O)c1cccc(F)c1)C1CCCNC1. The van der Waals surface area contributed by atoms with Crippen LogP contribution >= 0.6 is 12.4 Å². The zero-order valence-corrected chi connectivity index (χ0v) is 12.0. The highest BCUT2D eigenvalue weighted by Crippen LogP contribution is 2.14. The van der Waals surface area contributed by atoms with Gasteiger partial charge in [0.1, 0.15) is 5.82 Å². The van der Waals surface area contributed by atoms with Crippen molar-refractivity contribution in [3.8, 4) is 0 Å². The van der Waals surface area contributed by atoms with Crippen molar-refractivity contribution >= 4 is 18.3 Å². The molecule has 0 bridgehead atoms. The van der Waals surface area contributed by atoms with Crippen LogP contribution in [-0.4, -0.2) is 30.6 Å². The molecular formula is C14H20ClFN2O2. The van der Waals surface area contributed by atoms with E-state index in [1.54, 1.807) is 12.1 Å². The number of hydrogen-bond acceptors (Lipinski definition) is 3. The van der Waals surface area contributed by atoms with Gasteiger partial charge in [0.2, 0.25) is 5.91 Å². The summed E-state index contributed by atoms with van der Waals surface area (Å²) in [5.41, 5.74) is 0.474. The summed E-state index contributed by atoms with van der Waals surface area (Å²) in [5, 5.41) is 15.8. The fourth-order valence-electron chi connectivity index (χ4n) is 2.25. The lowest BCUT2D eigenvalue weighted by atomic mass is 9.98. The monoisotopic (exact) mass is 302 g/mol. The first-order valence-corrected chi connectivity index (χ1v) is 6.59. The van der Waals surface area contributed by atoms with Gasteiger partial charge in [-0.25, -0.2) is 4.39 Å². The molecule has 1 heterocycles. The summed E-state index contributed by atoms with van der Waals surface area (Å²) in [6.45, 7) is 1.75. The predicted molar refractivity (Wildman–Crippen MR) is 77.2 cm³/mol. The van der Waals surface area contributed by atoms with Crippen LogP contribution in [0.2, 0.25) is 0 Å². The summed E-state index contributed by atoms with van der Waals surface area (Å²) in [6.07, 6.45) is 0.982. The van der Waals surface area contributed by atoms with Crippen LogP contribution in [0.1, 0.15) is 24.5 Å². The number of carbonyl (C=O) groups excluding carboxylic acids is 1. The second-order valence-electron chi connectivity index (χ2n) is 4.86. The molecule has 1 fully saturated rings. The maximum absolute atomic E-state index is 13.0. The quantitative estimate of drug-likeness (QED) is 0.788. The smallest absolute Gasteiger partial charge is 0.224 e. The van der Waals surface area contributed by atoms with E-state index in [2.05, 4.69) is 10.6 Å². The number of carbonyl (C=O) groups is 1. The third kappa shape index (κ3) is 4.74.